The van der Waals surface area contributed by atoms with Gasteiger partial charge in [-0.25, -0.2) is 9.13 Å². The van der Waals surface area contributed by atoms with Gasteiger partial charge in [0.2, 0.25) is 0 Å². The number of hydrogen-bond acceptors (Lipinski definition) is 4. The summed E-state index contributed by atoms with van der Waals surface area (Å²) in [7, 11) is 0. The van der Waals surface area contributed by atoms with Gasteiger partial charge < -0.3 is 14.7 Å². The van der Waals surface area contributed by atoms with Crippen molar-refractivity contribution in [2.24, 2.45) is 0 Å². The van der Waals surface area contributed by atoms with E-state index in [1.807, 2.05) is 47.9 Å². The van der Waals surface area contributed by atoms with E-state index < -0.39 is 6.10 Å². The van der Waals surface area contributed by atoms with Crippen molar-refractivity contribution in [2.45, 2.75) is 40.0 Å². The maximum Gasteiger partial charge on any atom is 0.356 e. The Hall–Kier alpha value is -2.57. The number of imidazole rings is 1. The number of nitrogens with zero attached hydrogens (tertiary/aromatic N) is 3. The molecular weight excluding hydrogens is 364 g/mol. The molecule has 0 amide bonds. The van der Waals surface area contributed by atoms with Crippen molar-refractivity contribution in [3.8, 4) is 5.75 Å². The van der Waals surface area contributed by atoms with Crippen LogP contribution in [0.1, 0.15) is 19.4 Å². The lowest BCUT2D eigenvalue weighted by Crippen LogP contribution is -2.44. The predicted octanol–water partition coefficient (Wildman–Crippen LogP) is 2.60. The number of nitrogen functional groups attached to an aromatic ring is 1. The molecule has 1 atom stereocenters. The second-order valence-electron chi connectivity index (χ2n) is 7.37. The fraction of sp³-hybridized carbons (Fsp3) is 0.435. The van der Waals surface area contributed by atoms with Gasteiger partial charge in [-0.1, -0.05) is 44.2 Å². The molecule has 0 aliphatic rings. The van der Waals surface area contributed by atoms with Crippen molar-refractivity contribution < 1.29 is 14.4 Å². The first kappa shape index (κ1) is 21.1. The minimum Gasteiger partial charge on any atom is -0.490 e. The summed E-state index contributed by atoms with van der Waals surface area (Å²) in [6.07, 6.45) is -0.663. The Balaban J connectivity index is 1.76. The molecular formula is C23H33N4O2+. The smallest absolute Gasteiger partial charge is 0.356 e. The van der Waals surface area contributed by atoms with Crippen molar-refractivity contribution in [3.05, 3.63) is 54.1 Å². The van der Waals surface area contributed by atoms with Crippen LogP contribution in [0.15, 0.2) is 48.5 Å². The van der Waals surface area contributed by atoms with Crippen LogP contribution in [0.3, 0.4) is 0 Å². The average molecular weight is 398 g/mol. The lowest BCUT2D eigenvalue weighted by atomic mass is 10.2. The number of para-hydroxylation sites is 3. The molecule has 1 aromatic heterocycles. The first-order chi connectivity index (χ1) is 14.0. The van der Waals surface area contributed by atoms with Gasteiger partial charge >= 0.3 is 5.95 Å². The Kier molecular flexibility index (Phi) is 7.12. The summed E-state index contributed by atoms with van der Waals surface area (Å²) in [5.74, 6) is 1.46. The Morgan fingerprint density at radius 3 is 2.52 bits per heavy atom. The zero-order valence-corrected chi connectivity index (χ0v) is 17.7. The van der Waals surface area contributed by atoms with Crippen molar-refractivity contribution >= 4 is 17.0 Å². The highest BCUT2D eigenvalue weighted by Crippen LogP contribution is 2.18. The molecule has 0 saturated carbocycles. The van der Waals surface area contributed by atoms with Crippen LogP contribution in [0.2, 0.25) is 0 Å². The SMILES string of the molecule is CCN(CC)CCn1c(N)[n+](C[C@@H](O)COc2ccccc2C)c2ccccc21. The fourth-order valence-corrected chi connectivity index (χ4v) is 3.69. The third-order valence-corrected chi connectivity index (χ3v) is 5.47. The van der Waals surface area contributed by atoms with E-state index in [-0.39, 0.29) is 6.61 Å². The van der Waals surface area contributed by atoms with Crippen molar-refractivity contribution in [1.82, 2.24) is 9.47 Å². The third kappa shape index (κ3) is 4.89. The highest BCUT2D eigenvalue weighted by atomic mass is 16.5. The normalized spacial score (nSPS) is 12.6. The largest absolute Gasteiger partial charge is 0.490 e. The van der Waals surface area contributed by atoms with E-state index >= 15 is 0 Å². The summed E-state index contributed by atoms with van der Waals surface area (Å²) in [6.45, 7) is 10.7. The summed E-state index contributed by atoms with van der Waals surface area (Å²) >= 11 is 0. The summed E-state index contributed by atoms with van der Waals surface area (Å²) < 4.78 is 9.95. The molecule has 3 rings (SSSR count). The number of anilines is 1. The number of aliphatic hydroxyl groups excluding tert-OH is 1. The number of likely N-dealkylation sites (N-methyl/N-ethyl adjacent to an activating group) is 1. The molecule has 1 heterocycles. The second kappa shape index (κ2) is 9.76. The van der Waals surface area contributed by atoms with Crippen LogP contribution in [0.4, 0.5) is 5.95 Å². The van der Waals surface area contributed by atoms with E-state index in [9.17, 15) is 5.11 Å². The van der Waals surface area contributed by atoms with Crippen LogP contribution in [0.5, 0.6) is 5.75 Å². The number of aryl methyl sites for hydroxylation is 1. The average Bonchev–Trinajstić information content (AvgIpc) is 2.99. The molecule has 0 unspecified atom stereocenters. The van der Waals surface area contributed by atoms with Gasteiger partial charge in [-0.15, -0.1) is 0 Å². The van der Waals surface area contributed by atoms with Gasteiger partial charge in [0.15, 0.2) is 0 Å². The summed E-state index contributed by atoms with van der Waals surface area (Å²) in [4.78, 5) is 2.38. The standard InChI is InChI=1S/C23H32N4O2/c1-4-25(5-2)14-15-26-20-11-7-8-12-21(20)27(23(26)24)16-19(28)17-29-22-13-9-6-10-18(22)3/h6-13,19,24,28H,4-5,14-17H2,1-3H3/p+1/t19-/m1/s1. The number of aliphatic hydroxyl groups is 1. The molecule has 6 nitrogen and oxygen atoms in total. The van der Waals surface area contributed by atoms with Gasteiger partial charge in [-0.3, -0.25) is 5.73 Å². The van der Waals surface area contributed by atoms with Crippen LogP contribution >= 0.6 is 0 Å². The van der Waals surface area contributed by atoms with E-state index in [0.717, 1.165) is 48.5 Å². The Bertz CT molecular complexity index is 934. The molecule has 0 aliphatic carbocycles. The van der Waals surface area contributed by atoms with Crippen LogP contribution in [0, 0.1) is 6.92 Å². The lowest BCUT2D eigenvalue weighted by molar-refractivity contribution is -0.665. The number of ether oxygens (including phenoxy) is 1. The molecule has 6 heteroatoms. The minimum atomic E-state index is -0.663. The number of hydrogen-bond donors (Lipinski definition) is 2. The molecule has 0 spiro atoms. The Labute approximate surface area is 173 Å². The van der Waals surface area contributed by atoms with E-state index in [0.29, 0.717) is 12.5 Å². The highest BCUT2D eigenvalue weighted by molar-refractivity contribution is 5.73. The Morgan fingerprint density at radius 1 is 1.10 bits per heavy atom. The lowest BCUT2D eigenvalue weighted by Gasteiger charge is -2.17. The Morgan fingerprint density at radius 2 is 1.79 bits per heavy atom. The van der Waals surface area contributed by atoms with Gasteiger partial charge in [-0.2, -0.15) is 0 Å². The van der Waals surface area contributed by atoms with Crippen LogP contribution in [0.25, 0.3) is 11.0 Å². The molecule has 0 radical (unpaired) electrons. The molecule has 2 aromatic carbocycles. The summed E-state index contributed by atoms with van der Waals surface area (Å²) in [6, 6.07) is 16.0. The molecule has 0 bridgehead atoms. The monoisotopic (exact) mass is 397 g/mol. The topological polar surface area (TPSA) is 67.5 Å². The second-order valence-corrected chi connectivity index (χ2v) is 7.37. The first-order valence-electron chi connectivity index (χ1n) is 10.4. The van der Waals surface area contributed by atoms with Crippen LogP contribution in [-0.4, -0.2) is 46.9 Å². The molecule has 0 saturated heterocycles. The van der Waals surface area contributed by atoms with Crippen LogP contribution in [-0.2, 0) is 13.1 Å². The van der Waals surface area contributed by atoms with Gasteiger partial charge in [0.05, 0.1) is 6.54 Å². The van der Waals surface area contributed by atoms with E-state index in [1.165, 1.54) is 0 Å². The van der Waals surface area contributed by atoms with Gasteiger partial charge in [-0.05, 0) is 43.8 Å². The quantitative estimate of drug-likeness (QED) is 0.516. The predicted molar refractivity (Wildman–Crippen MR) is 117 cm³/mol. The molecule has 0 fully saturated rings. The number of nitrogens with two attached hydrogens (primary N) is 1. The van der Waals surface area contributed by atoms with Crippen LogP contribution < -0.4 is 15.0 Å². The fourth-order valence-electron chi connectivity index (χ4n) is 3.69. The molecule has 29 heavy (non-hydrogen) atoms. The number of fused-ring (bicyclic) bond motifs is 1. The van der Waals surface area contributed by atoms with Crippen molar-refractivity contribution in [1.29, 1.82) is 0 Å². The molecule has 156 valence electrons. The molecule has 0 aliphatic heterocycles. The number of benzene rings is 2. The maximum atomic E-state index is 10.6. The first-order valence-corrected chi connectivity index (χ1v) is 10.4. The minimum absolute atomic E-state index is 0.218. The van der Waals surface area contributed by atoms with Gasteiger partial charge in [0.1, 0.15) is 36.0 Å². The summed E-state index contributed by atoms with van der Waals surface area (Å²) in [5, 5.41) is 10.6. The van der Waals surface area contributed by atoms with Gasteiger partial charge in [0.25, 0.3) is 0 Å². The van der Waals surface area contributed by atoms with E-state index in [1.54, 1.807) is 0 Å². The zero-order chi connectivity index (χ0) is 20.8. The van der Waals surface area contributed by atoms with E-state index in [2.05, 4.69) is 35.4 Å². The summed E-state index contributed by atoms with van der Waals surface area (Å²) in [5.41, 5.74) is 9.69. The van der Waals surface area contributed by atoms with Gasteiger partial charge in [0, 0.05) is 6.54 Å². The highest BCUT2D eigenvalue weighted by Gasteiger charge is 2.23. The zero-order valence-electron chi connectivity index (χ0n) is 17.7. The molecule has 3 aromatic rings. The number of rotatable bonds is 10. The molecule has 3 N–H and O–H groups in total. The van der Waals surface area contributed by atoms with Crippen molar-refractivity contribution in [3.63, 3.8) is 0 Å². The number of aromatic nitrogens is 2. The van der Waals surface area contributed by atoms with Crippen molar-refractivity contribution in [2.75, 3.05) is 32.0 Å². The van der Waals surface area contributed by atoms with E-state index in [4.69, 9.17) is 10.5 Å². The third-order valence-electron chi connectivity index (χ3n) is 5.47. The maximum absolute atomic E-state index is 10.6.